The summed E-state index contributed by atoms with van der Waals surface area (Å²) in [5, 5.41) is 0. The predicted octanol–water partition coefficient (Wildman–Crippen LogP) is 2.97. The average Bonchev–Trinajstić information content (AvgIpc) is 3.03. The van der Waals surface area contributed by atoms with E-state index in [2.05, 4.69) is 69.6 Å². The zero-order valence-electron chi connectivity index (χ0n) is 15.9. The molecule has 0 aliphatic heterocycles. The first kappa shape index (κ1) is 21.8. The third kappa shape index (κ3) is 5.88. The topological polar surface area (TPSA) is 36.1 Å². The molecule has 1 aliphatic rings. The van der Waals surface area contributed by atoms with Crippen LogP contribution in [0.3, 0.4) is 0 Å². The van der Waals surface area contributed by atoms with Crippen LogP contribution >= 0.6 is 0 Å². The number of hydrogen-bond acceptors (Lipinski definition) is 3. The second-order valence-corrected chi connectivity index (χ2v) is 41.1. The molecule has 3 N–H and O–H groups in total. The Hall–Kier alpha value is 0.716. The van der Waals surface area contributed by atoms with Crippen molar-refractivity contribution >= 4 is 12.1 Å². The van der Waals surface area contributed by atoms with Crippen molar-refractivity contribution in [2.24, 2.45) is 17.8 Å². The van der Waals surface area contributed by atoms with Crippen molar-refractivity contribution < 1.29 is 20.6 Å². The minimum atomic E-state index is -4.10. The molecule has 0 aromatic heterocycles. The fourth-order valence-corrected chi connectivity index (χ4v) is 29.8. The SMILES string of the molecule is CC(C)C[NH][Zr]([NH]CC(C)C)([NH]CC(C)C)([GeH2][F])[C]1=CC=CC1. The molecule has 6 heteroatoms. The molecule has 0 amide bonds. The van der Waals surface area contributed by atoms with Crippen LogP contribution in [-0.2, 0) is 17.1 Å². The van der Waals surface area contributed by atoms with Gasteiger partial charge in [-0.2, -0.15) is 0 Å². The molecule has 0 saturated heterocycles. The van der Waals surface area contributed by atoms with E-state index in [1.807, 2.05) is 0 Å². The Kier molecular flexibility index (Phi) is 8.91. The minimum absolute atomic E-state index is 0.522. The van der Waals surface area contributed by atoms with Gasteiger partial charge >= 0.3 is 149 Å². The fourth-order valence-electron chi connectivity index (χ4n) is 2.90. The van der Waals surface area contributed by atoms with E-state index in [4.69, 9.17) is 0 Å². The quantitative estimate of drug-likeness (QED) is 0.410. The first-order valence-corrected chi connectivity index (χ1v) is 25.6. The number of allylic oxidation sites excluding steroid dienone is 4. The molecule has 1 rings (SSSR count). The van der Waals surface area contributed by atoms with Crippen molar-refractivity contribution in [3.05, 3.63) is 21.5 Å². The molecule has 0 fully saturated rings. The van der Waals surface area contributed by atoms with Gasteiger partial charge in [-0.25, -0.2) is 0 Å². The molecule has 135 valence electrons. The van der Waals surface area contributed by atoms with Crippen molar-refractivity contribution in [3.8, 4) is 0 Å². The molecule has 0 spiro atoms. The van der Waals surface area contributed by atoms with E-state index in [1.54, 1.807) is 0 Å². The molecule has 0 unspecified atom stereocenters. The van der Waals surface area contributed by atoms with Gasteiger partial charge < -0.3 is 0 Å². The fraction of sp³-hybridized carbons (Fsp3) is 0.765. The van der Waals surface area contributed by atoms with Crippen LogP contribution in [0.4, 0.5) is 3.50 Å². The van der Waals surface area contributed by atoms with Gasteiger partial charge in [0.05, 0.1) is 0 Å². The van der Waals surface area contributed by atoms with Gasteiger partial charge in [-0.1, -0.05) is 0 Å². The number of nitrogens with one attached hydrogen (secondary N) is 3. The van der Waals surface area contributed by atoms with Crippen LogP contribution < -0.4 is 9.78 Å². The van der Waals surface area contributed by atoms with Crippen LogP contribution in [-0.4, -0.2) is 31.7 Å². The molecule has 0 atom stereocenters. The third-order valence-electron chi connectivity index (χ3n) is 4.45. The van der Waals surface area contributed by atoms with Gasteiger partial charge in [0.25, 0.3) is 0 Å². The van der Waals surface area contributed by atoms with Crippen LogP contribution in [0.15, 0.2) is 21.5 Å². The summed E-state index contributed by atoms with van der Waals surface area (Å²) in [6.07, 6.45) is 7.36. The van der Waals surface area contributed by atoms with E-state index < -0.39 is 29.3 Å². The first-order valence-electron chi connectivity index (χ1n) is 9.09. The van der Waals surface area contributed by atoms with E-state index >= 15 is 0 Å². The molecular formula is C17H37FGeN3Zr. The van der Waals surface area contributed by atoms with Gasteiger partial charge in [-0.05, 0) is 0 Å². The van der Waals surface area contributed by atoms with E-state index in [0.717, 1.165) is 26.1 Å². The average molecular weight is 466 g/mol. The van der Waals surface area contributed by atoms with Crippen LogP contribution in [0.5, 0.6) is 0 Å². The normalized spacial score (nSPS) is 17.7. The van der Waals surface area contributed by atoms with Gasteiger partial charge in [0.2, 0.25) is 0 Å². The molecule has 0 aromatic rings. The second kappa shape index (κ2) is 9.42. The van der Waals surface area contributed by atoms with Crippen LogP contribution in [0, 0.1) is 17.8 Å². The van der Waals surface area contributed by atoms with Crippen molar-refractivity contribution in [2.45, 2.75) is 48.0 Å². The Labute approximate surface area is 148 Å². The summed E-state index contributed by atoms with van der Waals surface area (Å²) in [5.74, 6) is 1.57. The van der Waals surface area contributed by atoms with Gasteiger partial charge in [0.1, 0.15) is 0 Å². The van der Waals surface area contributed by atoms with Crippen molar-refractivity contribution in [3.63, 3.8) is 0 Å². The molecule has 0 bridgehead atoms. The van der Waals surface area contributed by atoms with Gasteiger partial charge in [0, 0.05) is 0 Å². The van der Waals surface area contributed by atoms with Crippen molar-refractivity contribution in [1.29, 1.82) is 0 Å². The summed E-state index contributed by atoms with van der Waals surface area (Å²) in [4.78, 5) is 0. The monoisotopic (exact) mass is 466 g/mol. The van der Waals surface area contributed by atoms with E-state index in [-0.39, 0.29) is 0 Å². The first-order chi connectivity index (χ1) is 10.7. The van der Waals surface area contributed by atoms with Gasteiger partial charge in [0.15, 0.2) is 0 Å². The van der Waals surface area contributed by atoms with Gasteiger partial charge in [-0.3, -0.25) is 0 Å². The molecular weight excluding hydrogens is 429 g/mol. The summed E-state index contributed by atoms with van der Waals surface area (Å²) in [5.41, 5.74) is 0. The zero-order chi connectivity index (χ0) is 17.5. The Bertz CT molecular complexity index is 402. The molecule has 0 heterocycles. The summed E-state index contributed by atoms with van der Waals surface area (Å²) in [7, 11) is 0. The van der Waals surface area contributed by atoms with Crippen molar-refractivity contribution in [2.75, 3.05) is 19.6 Å². The number of halogens is 1. The van der Waals surface area contributed by atoms with Crippen LogP contribution in [0.25, 0.3) is 0 Å². The van der Waals surface area contributed by atoms with Crippen molar-refractivity contribution in [1.82, 2.24) is 9.78 Å². The van der Waals surface area contributed by atoms with Crippen LogP contribution in [0.1, 0.15) is 48.0 Å². The molecule has 0 saturated carbocycles. The van der Waals surface area contributed by atoms with Crippen LogP contribution in [0.2, 0.25) is 0 Å². The Morgan fingerprint density at radius 1 is 0.957 bits per heavy atom. The molecule has 1 aliphatic carbocycles. The summed E-state index contributed by atoms with van der Waals surface area (Å²) in [6.45, 7) is 15.9. The zero-order valence-corrected chi connectivity index (χ0v) is 21.3. The second-order valence-electron chi connectivity index (χ2n) is 8.24. The molecule has 23 heavy (non-hydrogen) atoms. The Balaban J connectivity index is 3.22. The van der Waals surface area contributed by atoms with Gasteiger partial charge in [-0.15, -0.1) is 0 Å². The van der Waals surface area contributed by atoms with E-state index in [9.17, 15) is 3.50 Å². The maximum absolute atomic E-state index is 15.0. The Morgan fingerprint density at radius 2 is 1.39 bits per heavy atom. The van der Waals surface area contributed by atoms with E-state index in [1.165, 1.54) is 3.28 Å². The maximum atomic E-state index is 15.0. The molecule has 0 aromatic carbocycles. The molecule has 0 radical (unpaired) electrons. The summed E-state index contributed by atoms with van der Waals surface area (Å²) >= 11 is -6.39. The van der Waals surface area contributed by atoms with E-state index in [0.29, 0.717) is 17.8 Å². The standard InChI is InChI=1S/C5H5.3C4H10N.FGeH2.Zr/c1-2-4-5-3-1;3*1-4(2)3-5;1-2;/h1-3H,4H2;3*4-5H,3H2,1-2H3;2H2;/q;3*-1;;+3. The summed E-state index contributed by atoms with van der Waals surface area (Å²) in [6, 6.07) is 0. The summed E-state index contributed by atoms with van der Waals surface area (Å²) < 4.78 is 27.8. The third-order valence-corrected chi connectivity index (χ3v) is 39.0. The Morgan fingerprint density at radius 3 is 1.65 bits per heavy atom. The predicted molar refractivity (Wildman–Crippen MR) is 100 cm³/mol. The number of rotatable bonds is 11. The molecule has 3 nitrogen and oxygen atoms in total. The number of hydrogen-bond donors (Lipinski definition) is 3.